The molecule has 0 heterocycles. The number of benzene rings is 2. The number of hydrogen-bond donors (Lipinski definition) is 0. The first kappa shape index (κ1) is 14.2. The van der Waals surface area contributed by atoms with Gasteiger partial charge in [-0.15, -0.1) is 0 Å². The topological polar surface area (TPSA) is 26.3 Å². The van der Waals surface area contributed by atoms with Crippen LogP contribution in [-0.2, 0) is 4.74 Å². The third kappa shape index (κ3) is 2.71. The minimum atomic E-state index is -0.555. The Morgan fingerprint density at radius 1 is 1.00 bits per heavy atom. The molecule has 0 saturated carbocycles. The van der Waals surface area contributed by atoms with Crippen molar-refractivity contribution in [1.29, 1.82) is 0 Å². The molecule has 19 heavy (non-hydrogen) atoms. The second-order valence-corrected chi connectivity index (χ2v) is 4.91. The Labute approximate surface area is 125 Å². The average molecular weight is 316 g/mol. The first-order valence-electron chi connectivity index (χ1n) is 5.37. The number of methoxy groups -OCH3 is 1. The first-order chi connectivity index (χ1) is 9.06. The number of carbonyl (C=O) groups is 1. The van der Waals surface area contributed by atoms with Crippen molar-refractivity contribution in [1.82, 2.24) is 0 Å². The smallest absolute Gasteiger partial charge is 0.339 e. The molecule has 98 valence electrons. The van der Waals surface area contributed by atoms with E-state index in [1.54, 1.807) is 6.07 Å². The molecule has 2 nitrogen and oxygen atoms in total. The summed E-state index contributed by atoms with van der Waals surface area (Å²) in [6.07, 6.45) is 0. The van der Waals surface area contributed by atoms with Crippen LogP contribution in [0.25, 0.3) is 11.1 Å². The van der Waals surface area contributed by atoms with Crippen molar-refractivity contribution in [3.63, 3.8) is 0 Å². The van der Waals surface area contributed by atoms with Crippen LogP contribution in [0.5, 0.6) is 0 Å². The van der Waals surface area contributed by atoms with Crippen LogP contribution < -0.4 is 0 Å². The lowest BCUT2D eigenvalue weighted by Crippen LogP contribution is -2.03. The number of halogens is 3. The summed E-state index contributed by atoms with van der Waals surface area (Å²) in [6.45, 7) is 0. The van der Waals surface area contributed by atoms with Gasteiger partial charge in [0.05, 0.1) is 27.7 Å². The van der Waals surface area contributed by atoms with E-state index in [-0.39, 0.29) is 15.6 Å². The maximum Gasteiger partial charge on any atom is 0.339 e. The Kier molecular flexibility index (Phi) is 4.35. The predicted molar refractivity (Wildman–Crippen MR) is 78.2 cm³/mol. The van der Waals surface area contributed by atoms with Crippen molar-refractivity contribution in [2.24, 2.45) is 0 Å². The van der Waals surface area contributed by atoms with Crippen LogP contribution in [0.2, 0.25) is 15.1 Å². The van der Waals surface area contributed by atoms with Crippen molar-refractivity contribution in [2.45, 2.75) is 0 Å². The average Bonchev–Trinajstić information content (AvgIpc) is 2.45. The molecule has 2 aromatic rings. The van der Waals surface area contributed by atoms with Crippen LogP contribution in [0.15, 0.2) is 36.4 Å². The normalized spacial score (nSPS) is 10.3. The number of ether oxygens (including phenoxy) is 1. The van der Waals surface area contributed by atoms with Crippen LogP contribution in [0, 0.1) is 0 Å². The molecule has 0 saturated heterocycles. The number of esters is 1. The molecule has 0 N–H and O–H groups in total. The summed E-state index contributed by atoms with van der Waals surface area (Å²) in [5.41, 5.74) is 1.67. The minimum absolute atomic E-state index is 0.0956. The van der Waals surface area contributed by atoms with E-state index < -0.39 is 5.97 Å². The molecule has 0 aromatic heterocycles. The van der Waals surface area contributed by atoms with Gasteiger partial charge in [-0.05, 0) is 11.6 Å². The lowest BCUT2D eigenvalue weighted by Gasteiger charge is -2.11. The molecule has 2 rings (SSSR count). The summed E-state index contributed by atoms with van der Waals surface area (Å²) in [6, 6.07) is 10.9. The third-order valence-electron chi connectivity index (χ3n) is 2.64. The van der Waals surface area contributed by atoms with Crippen LogP contribution in [0.1, 0.15) is 10.4 Å². The Morgan fingerprint density at radius 2 is 1.63 bits per heavy atom. The lowest BCUT2D eigenvalue weighted by atomic mass is 10.0. The van der Waals surface area contributed by atoms with Crippen LogP contribution >= 0.6 is 34.8 Å². The summed E-state index contributed by atoms with van der Waals surface area (Å²) in [5, 5.41) is 0.550. The molecular formula is C14H9Cl3O2. The Bertz CT molecular complexity index is 624. The monoisotopic (exact) mass is 314 g/mol. The fourth-order valence-electron chi connectivity index (χ4n) is 1.69. The summed E-state index contributed by atoms with van der Waals surface area (Å²) in [5.74, 6) is -0.555. The van der Waals surface area contributed by atoms with E-state index in [4.69, 9.17) is 34.8 Å². The van der Waals surface area contributed by atoms with Crippen molar-refractivity contribution in [2.75, 3.05) is 7.11 Å². The summed E-state index contributed by atoms with van der Waals surface area (Å²) < 4.78 is 4.68. The quantitative estimate of drug-likeness (QED) is 0.569. The Morgan fingerprint density at radius 3 is 2.21 bits per heavy atom. The third-order valence-corrected chi connectivity index (χ3v) is 3.99. The van der Waals surface area contributed by atoms with E-state index in [0.717, 1.165) is 5.56 Å². The van der Waals surface area contributed by atoms with Crippen LogP contribution in [0.4, 0.5) is 0 Å². The first-order valence-corrected chi connectivity index (χ1v) is 6.51. The molecule has 0 spiro atoms. The van der Waals surface area contributed by atoms with Gasteiger partial charge in [0, 0.05) is 5.56 Å². The SMILES string of the molecule is COC(=O)c1cc(-c2ccccc2)c(Cl)c(Cl)c1Cl. The Balaban J connectivity index is 2.69. The fraction of sp³-hybridized carbons (Fsp3) is 0.0714. The van der Waals surface area contributed by atoms with Crippen molar-refractivity contribution in [3.8, 4) is 11.1 Å². The molecule has 0 bridgehead atoms. The van der Waals surface area contributed by atoms with Gasteiger partial charge >= 0.3 is 5.97 Å². The zero-order valence-corrected chi connectivity index (χ0v) is 12.2. The van der Waals surface area contributed by atoms with Gasteiger partial charge in [-0.1, -0.05) is 65.1 Å². The fourth-order valence-corrected chi connectivity index (χ4v) is 2.43. The molecule has 5 heteroatoms. The standard InChI is InChI=1S/C14H9Cl3O2/c1-19-14(18)10-7-9(8-5-3-2-4-6-8)11(15)13(17)12(10)16/h2-7H,1H3. The second-order valence-electron chi connectivity index (χ2n) is 3.77. The highest BCUT2D eigenvalue weighted by atomic mass is 35.5. The van der Waals surface area contributed by atoms with E-state index >= 15 is 0 Å². The van der Waals surface area contributed by atoms with Crippen LogP contribution in [-0.4, -0.2) is 13.1 Å². The van der Waals surface area contributed by atoms with Gasteiger partial charge in [0.1, 0.15) is 0 Å². The molecule has 0 atom stereocenters. The van der Waals surface area contributed by atoms with Gasteiger partial charge in [0.25, 0.3) is 0 Å². The molecule has 0 radical (unpaired) electrons. The maximum atomic E-state index is 11.7. The highest BCUT2D eigenvalue weighted by molar-refractivity contribution is 6.50. The van der Waals surface area contributed by atoms with Crippen molar-refractivity contribution < 1.29 is 9.53 Å². The molecular weight excluding hydrogens is 307 g/mol. The van der Waals surface area contributed by atoms with Gasteiger partial charge in [-0.25, -0.2) is 4.79 Å². The summed E-state index contributed by atoms with van der Waals surface area (Å²) in [7, 11) is 1.28. The number of hydrogen-bond acceptors (Lipinski definition) is 2. The second kappa shape index (κ2) is 5.83. The van der Waals surface area contributed by atoms with Gasteiger partial charge in [-0.2, -0.15) is 0 Å². The van der Waals surface area contributed by atoms with E-state index in [1.807, 2.05) is 30.3 Å². The number of rotatable bonds is 2. The van der Waals surface area contributed by atoms with E-state index in [1.165, 1.54) is 7.11 Å². The molecule has 0 amide bonds. The zero-order chi connectivity index (χ0) is 14.0. The number of carbonyl (C=O) groups excluding carboxylic acids is 1. The van der Waals surface area contributed by atoms with Crippen LogP contribution in [0.3, 0.4) is 0 Å². The molecule has 0 aliphatic heterocycles. The minimum Gasteiger partial charge on any atom is -0.465 e. The van der Waals surface area contributed by atoms with E-state index in [0.29, 0.717) is 10.6 Å². The van der Waals surface area contributed by atoms with Gasteiger partial charge < -0.3 is 4.74 Å². The lowest BCUT2D eigenvalue weighted by molar-refractivity contribution is 0.0601. The van der Waals surface area contributed by atoms with Gasteiger partial charge in [-0.3, -0.25) is 0 Å². The maximum absolute atomic E-state index is 11.7. The summed E-state index contributed by atoms with van der Waals surface area (Å²) in [4.78, 5) is 11.7. The molecule has 0 unspecified atom stereocenters. The molecule has 2 aromatic carbocycles. The summed E-state index contributed by atoms with van der Waals surface area (Å²) >= 11 is 18.3. The Hall–Kier alpha value is -1.22. The van der Waals surface area contributed by atoms with E-state index in [2.05, 4.69) is 4.74 Å². The largest absolute Gasteiger partial charge is 0.465 e. The molecule has 0 fully saturated rings. The highest BCUT2D eigenvalue weighted by Gasteiger charge is 2.20. The molecule has 0 aliphatic carbocycles. The zero-order valence-electron chi connectivity index (χ0n) is 9.91. The van der Waals surface area contributed by atoms with Gasteiger partial charge in [0.2, 0.25) is 0 Å². The predicted octanol–water partition coefficient (Wildman–Crippen LogP) is 5.10. The van der Waals surface area contributed by atoms with Crippen molar-refractivity contribution >= 4 is 40.8 Å². The molecule has 0 aliphatic rings. The van der Waals surface area contributed by atoms with Gasteiger partial charge in [0.15, 0.2) is 0 Å². The van der Waals surface area contributed by atoms with Crippen molar-refractivity contribution in [3.05, 3.63) is 57.0 Å². The van der Waals surface area contributed by atoms with E-state index in [9.17, 15) is 4.79 Å². The highest BCUT2D eigenvalue weighted by Crippen LogP contribution is 2.40.